The number of aromatic nitrogens is 5. The number of nitrogen functional groups attached to an aromatic ring is 1. The molecule has 0 saturated heterocycles. The second-order valence-electron chi connectivity index (χ2n) is 10.2. The van der Waals surface area contributed by atoms with Gasteiger partial charge in [0.05, 0.1) is 5.69 Å². The Bertz CT molecular complexity index is 1590. The first-order chi connectivity index (χ1) is 17.9. The van der Waals surface area contributed by atoms with E-state index in [9.17, 15) is 4.79 Å². The third-order valence-electron chi connectivity index (χ3n) is 7.65. The van der Waals surface area contributed by atoms with E-state index < -0.39 is 0 Å². The number of hydrogen-bond donors (Lipinski definition) is 3. The van der Waals surface area contributed by atoms with Gasteiger partial charge in [0.2, 0.25) is 11.8 Å². The van der Waals surface area contributed by atoms with Gasteiger partial charge in [-0.2, -0.15) is 5.10 Å². The van der Waals surface area contributed by atoms with Crippen LogP contribution in [0.25, 0.3) is 22.0 Å². The maximum absolute atomic E-state index is 12.5. The smallest absolute Gasteiger partial charge is 0.244 e. The first-order valence-electron chi connectivity index (χ1n) is 12.4. The number of anilines is 4. The summed E-state index contributed by atoms with van der Waals surface area (Å²) in [5.74, 6) is 2.40. The van der Waals surface area contributed by atoms with E-state index in [-0.39, 0.29) is 17.9 Å². The zero-order chi connectivity index (χ0) is 25.3. The molecule has 2 aliphatic heterocycles. The summed E-state index contributed by atoms with van der Waals surface area (Å²) in [5.41, 5.74) is 11.0. The molecule has 1 saturated carbocycles. The lowest BCUT2D eigenvalue weighted by molar-refractivity contribution is -0.130. The number of rotatable bonds is 3. The van der Waals surface area contributed by atoms with E-state index >= 15 is 0 Å². The van der Waals surface area contributed by atoms with Gasteiger partial charge in [-0.3, -0.25) is 9.48 Å². The molecule has 1 spiro atoms. The molecule has 11 heteroatoms. The van der Waals surface area contributed by atoms with Gasteiger partial charge in [-0.05, 0) is 42.8 Å². The molecule has 1 aliphatic carbocycles. The summed E-state index contributed by atoms with van der Waals surface area (Å²) in [6, 6.07) is 5.99. The van der Waals surface area contributed by atoms with Gasteiger partial charge in [0, 0.05) is 60.7 Å². The molecule has 0 unspecified atom stereocenters. The minimum Gasteiger partial charge on any atom is -0.474 e. The van der Waals surface area contributed by atoms with Crippen LogP contribution in [0.2, 0.25) is 0 Å². The molecule has 1 fully saturated rings. The van der Waals surface area contributed by atoms with Crippen molar-refractivity contribution in [3.63, 3.8) is 0 Å². The SMILES string of the molecule is Cc1c(-c2cc3cc(Nc4cc5n(n4)CC(=O)N(C)CC54CC4)ncc3c(N)n2)cnc2c1NCCO2. The largest absolute Gasteiger partial charge is 0.474 e. The molecule has 4 aromatic heterocycles. The second kappa shape index (κ2) is 7.79. The quantitative estimate of drug-likeness (QED) is 0.390. The lowest BCUT2D eigenvalue weighted by Crippen LogP contribution is -2.32. The molecule has 4 aromatic rings. The zero-order valence-electron chi connectivity index (χ0n) is 20.7. The van der Waals surface area contributed by atoms with Crippen molar-refractivity contribution in [3.8, 4) is 17.1 Å². The standard InChI is InChI=1S/C26H27N9O2/c1-14-16(10-30-25-23(14)28-5-6-37-25)18-7-15-8-20(29-11-17(15)24(27)31-18)32-21-9-19-26(3-4-26)13-34(2)22(36)12-35(19)33-21/h7-11,28H,3-6,12-13H2,1-2H3,(H2,27,31)(H,29,32,33). The molecule has 3 aliphatic rings. The zero-order valence-corrected chi connectivity index (χ0v) is 20.7. The monoisotopic (exact) mass is 497 g/mol. The molecular weight excluding hydrogens is 470 g/mol. The van der Waals surface area contributed by atoms with Gasteiger partial charge >= 0.3 is 0 Å². The number of fused-ring (bicyclic) bond motifs is 4. The maximum atomic E-state index is 12.5. The summed E-state index contributed by atoms with van der Waals surface area (Å²) in [5, 5.41) is 13.1. The van der Waals surface area contributed by atoms with Crippen molar-refractivity contribution in [2.45, 2.75) is 31.7 Å². The fraction of sp³-hybridized carbons (Fsp3) is 0.346. The molecule has 4 N–H and O–H groups in total. The number of pyridine rings is 3. The van der Waals surface area contributed by atoms with Gasteiger partial charge in [-0.15, -0.1) is 0 Å². The van der Waals surface area contributed by atoms with E-state index in [4.69, 9.17) is 15.6 Å². The maximum Gasteiger partial charge on any atom is 0.244 e. The van der Waals surface area contributed by atoms with Crippen molar-refractivity contribution < 1.29 is 9.53 Å². The van der Waals surface area contributed by atoms with Crippen molar-refractivity contribution in [2.75, 3.05) is 43.1 Å². The molecule has 6 heterocycles. The lowest BCUT2D eigenvalue weighted by Gasteiger charge is -2.21. The van der Waals surface area contributed by atoms with Crippen LogP contribution in [-0.2, 0) is 16.8 Å². The van der Waals surface area contributed by atoms with Crippen LogP contribution in [-0.4, -0.2) is 62.3 Å². The lowest BCUT2D eigenvalue weighted by atomic mass is 10.0. The van der Waals surface area contributed by atoms with Gasteiger partial charge < -0.3 is 26.0 Å². The Morgan fingerprint density at radius 2 is 2.03 bits per heavy atom. The van der Waals surface area contributed by atoms with Gasteiger partial charge in [0.1, 0.15) is 30.5 Å². The Morgan fingerprint density at radius 3 is 2.86 bits per heavy atom. The average molecular weight is 498 g/mol. The Hall–Kier alpha value is -4.41. The fourth-order valence-electron chi connectivity index (χ4n) is 5.45. The number of nitrogens with two attached hydrogens (primary N) is 1. The van der Waals surface area contributed by atoms with Crippen molar-refractivity contribution in [3.05, 3.63) is 41.9 Å². The number of carbonyl (C=O) groups is 1. The highest BCUT2D eigenvalue weighted by atomic mass is 16.5. The van der Waals surface area contributed by atoms with Crippen molar-refractivity contribution in [1.29, 1.82) is 0 Å². The van der Waals surface area contributed by atoms with Crippen LogP contribution in [0.5, 0.6) is 5.88 Å². The average Bonchev–Trinajstić information content (AvgIpc) is 3.57. The number of nitrogens with zero attached hydrogens (tertiary/aromatic N) is 6. The Kier molecular flexibility index (Phi) is 4.60. The van der Waals surface area contributed by atoms with Crippen LogP contribution in [0.15, 0.2) is 30.6 Å². The van der Waals surface area contributed by atoms with Gasteiger partial charge in [0.25, 0.3) is 0 Å². The highest BCUT2D eigenvalue weighted by Gasteiger charge is 2.50. The van der Waals surface area contributed by atoms with E-state index in [0.717, 1.165) is 64.9 Å². The summed E-state index contributed by atoms with van der Waals surface area (Å²) in [6.07, 6.45) is 5.63. The molecule has 0 atom stereocenters. The Balaban J connectivity index is 1.23. The van der Waals surface area contributed by atoms with Crippen LogP contribution in [0.1, 0.15) is 24.1 Å². The minimum absolute atomic E-state index is 0.0142. The molecule has 7 rings (SSSR count). The van der Waals surface area contributed by atoms with Crippen molar-refractivity contribution >= 4 is 39.8 Å². The van der Waals surface area contributed by atoms with Crippen LogP contribution in [0.4, 0.5) is 23.1 Å². The Morgan fingerprint density at radius 1 is 1.16 bits per heavy atom. The molecule has 37 heavy (non-hydrogen) atoms. The molecular formula is C26H27N9O2. The number of hydrogen-bond acceptors (Lipinski definition) is 9. The van der Waals surface area contributed by atoms with E-state index in [2.05, 4.69) is 31.7 Å². The number of nitrogens with one attached hydrogen (secondary N) is 2. The molecule has 188 valence electrons. The highest BCUT2D eigenvalue weighted by molar-refractivity contribution is 5.95. The predicted molar refractivity (Wildman–Crippen MR) is 140 cm³/mol. The topological polar surface area (TPSA) is 136 Å². The molecule has 0 aromatic carbocycles. The fourth-order valence-corrected chi connectivity index (χ4v) is 5.45. The summed E-state index contributed by atoms with van der Waals surface area (Å²) in [4.78, 5) is 28.0. The van der Waals surface area contributed by atoms with E-state index in [1.807, 2.05) is 35.7 Å². The number of amides is 1. The molecule has 0 bridgehead atoms. The summed E-state index contributed by atoms with van der Waals surface area (Å²) in [6.45, 7) is 4.34. The van der Waals surface area contributed by atoms with Crippen molar-refractivity contribution in [1.82, 2.24) is 29.6 Å². The minimum atomic E-state index is 0.0142. The molecule has 11 nitrogen and oxygen atoms in total. The predicted octanol–water partition coefficient (Wildman–Crippen LogP) is 2.83. The van der Waals surface area contributed by atoms with Crippen LogP contribution in [0.3, 0.4) is 0 Å². The summed E-state index contributed by atoms with van der Waals surface area (Å²) < 4.78 is 7.50. The van der Waals surface area contributed by atoms with E-state index in [1.165, 1.54) is 0 Å². The normalized spacial score (nSPS) is 17.6. The van der Waals surface area contributed by atoms with E-state index in [0.29, 0.717) is 29.9 Å². The first kappa shape index (κ1) is 21.8. The molecule has 0 radical (unpaired) electrons. The van der Waals surface area contributed by atoms with Gasteiger partial charge in [0.15, 0.2) is 5.82 Å². The third-order valence-corrected chi connectivity index (χ3v) is 7.65. The second-order valence-corrected chi connectivity index (χ2v) is 10.2. The molecule has 1 amide bonds. The van der Waals surface area contributed by atoms with Crippen molar-refractivity contribution in [2.24, 2.45) is 0 Å². The van der Waals surface area contributed by atoms with Gasteiger partial charge in [-0.25, -0.2) is 15.0 Å². The highest BCUT2D eigenvalue weighted by Crippen LogP contribution is 2.50. The summed E-state index contributed by atoms with van der Waals surface area (Å²) >= 11 is 0. The van der Waals surface area contributed by atoms with Crippen LogP contribution >= 0.6 is 0 Å². The number of carbonyl (C=O) groups excluding carboxylic acids is 1. The third kappa shape index (κ3) is 3.52. The number of ether oxygens (including phenoxy) is 1. The Labute approximate surface area is 213 Å². The van der Waals surface area contributed by atoms with E-state index in [1.54, 1.807) is 12.4 Å². The van der Waals surface area contributed by atoms with Crippen LogP contribution in [0, 0.1) is 6.92 Å². The summed E-state index contributed by atoms with van der Waals surface area (Å²) in [7, 11) is 1.87. The number of likely N-dealkylation sites (N-methyl/N-ethyl adjacent to an activating group) is 1. The van der Waals surface area contributed by atoms with Gasteiger partial charge in [-0.1, -0.05) is 0 Å². The first-order valence-corrected chi connectivity index (χ1v) is 12.4. The van der Waals surface area contributed by atoms with Crippen LogP contribution < -0.4 is 21.1 Å².